The fraction of sp³-hybridized carbons (Fsp3) is 0.100. The minimum atomic E-state index is -4.77. The molecule has 0 aliphatic rings. The number of benzene rings is 4. The molecule has 0 bridgehead atoms. The molecule has 0 fully saturated rings. The molecule has 0 spiro atoms. The minimum absolute atomic E-state index is 0.0983. The first kappa shape index (κ1) is 28.2. The lowest BCUT2D eigenvalue weighted by molar-refractivity contribution is -0.129. The second kappa shape index (κ2) is 11.9. The van der Waals surface area contributed by atoms with E-state index in [2.05, 4.69) is 0 Å². The number of methoxy groups -OCH3 is 2. The van der Waals surface area contributed by atoms with E-state index in [1.165, 1.54) is 38.5 Å². The van der Waals surface area contributed by atoms with Crippen LogP contribution in [-0.2, 0) is 35.7 Å². The number of carbonyl (C=O) groups is 3. The van der Waals surface area contributed by atoms with Crippen molar-refractivity contribution in [1.82, 2.24) is 0 Å². The van der Waals surface area contributed by atoms with Crippen molar-refractivity contribution in [1.29, 1.82) is 0 Å². The summed E-state index contributed by atoms with van der Waals surface area (Å²) in [6.45, 7) is 0.457. The lowest BCUT2D eigenvalue weighted by Crippen LogP contribution is -2.06. The lowest BCUT2D eigenvalue weighted by atomic mass is 9.92. The molecule has 1 N–H and O–H groups in total. The third-order valence-corrected chi connectivity index (χ3v) is 7.14. The zero-order chi connectivity index (χ0) is 28.9. The van der Waals surface area contributed by atoms with Crippen molar-refractivity contribution >= 4 is 28.5 Å². The zero-order valence-electron chi connectivity index (χ0n) is 21.5. The van der Waals surface area contributed by atoms with E-state index in [0.29, 0.717) is 23.2 Å². The van der Waals surface area contributed by atoms with Crippen LogP contribution >= 0.6 is 0 Å². The molecule has 0 amide bonds. The van der Waals surface area contributed by atoms with E-state index in [4.69, 9.17) is 14.2 Å². The second-order valence-electron chi connectivity index (χ2n) is 8.62. The molecular formula is C30H24O9S. The van der Waals surface area contributed by atoms with E-state index in [1.54, 1.807) is 60.7 Å². The molecule has 10 heteroatoms. The molecule has 4 aromatic carbocycles. The van der Waals surface area contributed by atoms with E-state index in [0.717, 1.165) is 11.1 Å². The second-order valence-corrected chi connectivity index (χ2v) is 9.98. The maximum Gasteiger partial charge on any atom is 0.337 e. The Morgan fingerprint density at radius 3 is 1.50 bits per heavy atom. The summed E-state index contributed by atoms with van der Waals surface area (Å²) in [5.74, 6) is -1.11. The van der Waals surface area contributed by atoms with E-state index in [9.17, 15) is 27.4 Å². The average molecular weight is 561 g/mol. The average Bonchev–Trinajstić information content (AvgIpc) is 2.98. The Labute approximate surface area is 230 Å². The maximum absolute atomic E-state index is 12.8. The van der Waals surface area contributed by atoms with Crippen LogP contribution in [0, 0.1) is 0 Å². The Morgan fingerprint density at radius 2 is 1.12 bits per heavy atom. The van der Waals surface area contributed by atoms with Crippen molar-refractivity contribution in [3.63, 3.8) is 0 Å². The summed E-state index contributed by atoms with van der Waals surface area (Å²) in [6, 6.07) is 22.6. The van der Waals surface area contributed by atoms with Crippen LogP contribution in [0.15, 0.2) is 89.8 Å². The van der Waals surface area contributed by atoms with Gasteiger partial charge in [-0.2, -0.15) is 8.42 Å². The number of carbonyl (C=O) groups excluding carboxylic acids is 3. The highest BCUT2D eigenvalue weighted by Gasteiger charge is 2.25. The smallest absolute Gasteiger partial charge is 0.337 e. The molecule has 0 radical (unpaired) electrons. The standard InChI is InChI=1S/C30H24O9S/c1-37-29(32)23-11-7-21(8-12-23)26-15-25(20-5-3-19(4-6-20)17-39-18-31)16-27(28(26)40(34,35)36)22-9-13-24(14-10-22)30(33)38-2/h3-16,18H,17H2,1-2H3,(H,34,35,36). The van der Waals surface area contributed by atoms with Gasteiger partial charge in [0.2, 0.25) is 0 Å². The molecule has 9 nitrogen and oxygen atoms in total. The largest absolute Gasteiger partial charge is 0.465 e. The summed E-state index contributed by atoms with van der Waals surface area (Å²) in [7, 11) is -2.26. The topological polar surface area (TPSA) is 133 Å². The monoisotopic (exact) mass is 560 g/mol. The third kappa shape index (κ3) is 6.09. The summed E-state index contributed by atoms with van der Waals surface area (Å²) in [5, 5.41) is 0. The van der Waals surface area contributed by atoms with Crippen molar-refractivity contribution in [2.45, 2.75) is 11.5 Å². The van der Waals surface area contributed by atoms with Crippen LogP contribution in [-0.4, -0.2) is 45.6 Å². The van der Waals surface area contributed by atoms with Crippen LogP contribution in [0.3, 0.4) is 0 Å². The molecule has 0 saturated heterocycles. The summed E-state index contributed by atoms with van der Waals surface area (Å²) in [5.41, 5.74) is 3.85. The molecule has 0 aliphatic carbocycles. The van der Waals surface area contributed by atoms with Crippen LogP contribution in [0.1, 0.15) is 26.3 Å². The molecule has 0 aliphatic heterocycles. The third-order valence-electron chi connectivity index (χ3n) is 6.19. The van der Waals surface area contributed by atoms with Gasteiger partial charge in [-0.15, -0.1) is 0 Å². The van der Waals surface area contributed by atoms with Crippen molar-refractivity contribution in [2.75, 3.05) is 14.2 Å². The SMILES string of the molecule is COC(=O)c1ccc(-c2cc(-c3ccc(COC=O)cc3)cc(-c3ccc(C(=O)OC)cc3)c2S(=O)(=O)O)cc1. The first-order chi connectivity index (χ1) is 19.2. The van der Waals surface area contributed by atoms with Crippen molar-refractivity contribution < 1.29 is 41.6 Å². The minimum Gasteiger partial charge on any atom is -0.465 e. The predicted octanol–water partition coefficient (Wildman–Crippen LogP) is 5.18. The van der Waals surface area contributed by atoms with Gasteiger partial charge in [-0.1, -0.05) is 48.5 Å². The lowest BCUT2D eigenvalue weighted by Gasteiger charge is -2.17. The van der Waals surface area contributed by atoms with E-state index in [-0.39, 0.29) is 33.8 Å². The Kier molecular flexibility index (Phi) is 8.42. The quantitative estimate of drug-likeness (QED) is 0.127. The highest BCUT2D eigenvalue weighted by atomic mass is 32.2. The molecule has 0 aromatic heterocycles. The van der Waals surface area contributed by atoms with Crippen LogP contribution in [0.2, 0.25) is 0 Å². The molecule has 0 heterocycles. The summed E-state index contributed by atoms with van der Waals surface area (Å²) in [6.07, 6.45) is 0. The normalized spacial score (nSPS) is 11.0. The van der Waals surface area contributed by atoms with Crippen LogP contribution < -0.4 is 0 Å². The Hall–Kier alpha value is -4.80. The molecule has 4 rings (SSSR count). The molecule has 0 saturated carbocycles. The highest BCUT2D eigenvalue weighted by Crippen LogP contribution is 2.40. The number of hydrogen-bond donors (Lipinski definition) is 1. The number of ether oxygens (including phenoxy) is 3. The van der Waals surface area contributed by atoms with Crippen molar-refractivity contribution in [2.24, 2.45) is 0 Å². The van der Waals surface area contributed by atoms with Gasteiger partial charge in [-0.3, -0.25) is 9.35 Å². The van der Waals surface area contributed by atoms with Crippen LogP contribution in [0.25, 0.3) is 33.4 Å². The van der Waals surface area contributed by atoms with E-state index >= 15 is 0 Å². The van der Waals surface area contributed by atoms with E-state index < -0.39 is 22.1 Å². The van der Waals surface area contributed by atoms with Crippen LogP contribution in [0.4, 0.5) is 0 Å². The number of hydrogen-bond acceptors (Lipinski definition) is 8. The maximum atomic E-state index is 12.8. The molecule has 204 valence electrons. The molecule has 0 atom stereocenters. The molecule has 40 heavy (non-hydrogen) atoms. The van der Waals surface area contributed by atoms with Crippen molar-refractivity contribution in [3.8, 4) is 33.4 Å². The predicted molar refractivity (Wildman–Crippen MR) is 146 cm³/mol. The van der Waals surface area contributed by atoms with Gasteiger partial charge in [0.05, 0.1) is 25.3 Å². The van der Waals surface area contributed by atoms with Gasteiger partial charge in [-0.25, -0.2) is 9.59 Å². The van der Waals surface area contributed by atoms with Gasteiger partial charge in [0.15, 0.2) is 0 Å². The van der Waals surface area contributed by atoms with Crippen molar-refractivity contribution in [3.05, 3.63) is 102 Å². The molecule has 4 aromatic rings. The van der Waals surface area contributed by atoms with Gasteiger partial charge in [0.25, 0.3) is 16.6 Å². The number of esters is 2. The Morgan fingerprint density at radius 1 is 0.700 bits per heavy atom. The first-order valence-electron chi connectivity index (χ1n) is 11.8. The number of rotatable bonds is 9. The van der Waals surface area contributed by atoms with Gasteiger partial charge >= 0.3 is 11.9 Å². The Balaban J connectivity index is 1.96. The highest BCUT2D eigenvalue weighted by molar-refractivity contribution is 7.86. The fourth-order valence-electron chi connectivity index (χ4n) is 4.23. The van der Waals surface area contributed by atoms with Crippen LogP contribution in [0.5, 0.6) is 0 Å². The summed E-state index contributed by atoms with van der Waals surface area (Å²) >= 11 is 0. The van der Waals surface area contributed by atoms with Gasteiger partial charge < -0.3 is 14.2 Å². The molecular weight excluding hydrogens is 536 g/mol. The van der Waals surface area contributed by atoms with Gasteiger partial charge in [0.1, 0.15) is 11.5 Å². The summed E-state index contributed by atoms with van der Waals surface area (Å²) in [4.78, 5) is 34.1. The van der Waals surface area contributed by atoms with Gasteiger partial charge in [-0.05, 0) is 64.2 Å². The fourth-order valence-corrected chi connectivity index (χ4v) is 5.14. The molecule has 0 unspecified atom stereocenters. The van der Waals surface area contributed by atoms with E-state index in [1.807, 2.05) is 0 Å². The van der Waals surface area contributed by atoms with Gasteiger partial charge in [0, 0.05) is 11.1 Å². The zero-order valence-corrected chi connectivity index (χ0v) is 22.3. The summed E-state index contributed by atoms with van der Waals surface area (Å²) < 4.78 is 50.3. The first-order valence-corrected chi connectivity index (χ1v) is 13.3. The Bertz CT molecular complexity index is 1580.